The van der Waals surface area contributed by atoms with Gasteiger partial charge in [0, 0.05) is 46.4 Å². The summed E-state index contributed by atoms with van der Waals surface area (Å²) < 4.78 is 10.4. The van der Waals surface area contributed by atoms with E-state index >= 15 is 0 Å². The first kappa shape index (κ1) is 20.9. The van der Waals surface area contributed by atoms with Gasteiger partial charge in [-0.3, -0.25) is 4.99 Å². The molecule has 1 atom stereocenters. The Morgan fingerprint density at radius 3 is 2.70 bits per heavy atom. The van der Waals surface area contributed by atoms with Crippen molar-refractivity contribution in [3.05, 3.63) is 0 Å². The van der Waals surface area contributed by atoms with E-state index in [-0.39, 0.29) is 24.0 Å². The van der Waals surface area contributed by atoms with Crippen molar-refractivity contribution >= 4 is 29.9 Å². The smallest absolute Gasteiger partial charge is 0.190 e. The number of likely N-dealkylation sites (tertiary alicyclic amines) is 1. The summed E-state index contributed by atoms with van der Waals surface area (Å²) in [6.45, 7) is 6.52. The summed E-state index contributed by atoms with van der Waals surface area (Å²) in [6.07, 6.45) is 5.11. The molecule has 0 amide bonds. The maximum atomic E-state index is 5.44. The third-order valence-corrected chi connectivity index (χ3v) is 4.35. The number of aliphatic imine (C=N–C) groups is 1. The normalized spacial score (nSPS) is 22.0. The van der Waals surface area contributed by atoms with E-state index in [2.05, 4.69) is 20.5 Å². The zero-order chi connectivity index (χ0) is 15.6. The molecule has 1 heterocycles. The van der Waals surface area contributed by atoms with Crippen LogP contribution in [0.25, 0.3) is 0 Å². The number of hydrogen-bond acceptors (Lipinski definition) is 4. The van der Waals surface area contributed by atoms with E-state index in [1.165, 1.54) is 32.4 Å². The third kappa shape index (κ3) is 8.51. The van der Waals surface area contributed by atoms with Crippen LogP contribution < -0.4 is 10.6 Å². The van der Waals surface area contributed by atoms with Gasteiger partial charge in [-0.25, -0.2) is 0 Å². The molecule has 23 heavy (non-hydrogen) atoms. The van der Waals surface area contributed by atoms with Crippen LogP contribution in [-0.2, 0) is 9.47 Å². The molecule has 1 aliphatic carbocycles. The Labute approximate surface area is 157 Å². The minimum atomic E-state index is 0. The third-order valence-electron chi connectivity index (χ3n) is 4.35. The molecule has 1 saturated heterocycles. The second-order valence-electron chi connectivity index (χ2n) is 6.22. The Bertz CT molecular complexity index is 340. The van der Waals surface area contributed by atoms with Crippen molar-refractivity contribution in [2.45, 2.75) is 31.7 Å². The van der Waals surface area contributed by atoms with Crippen LogP contribution in [0.15, 0.2) is 4.99 Å². The summed E-state index contributed by atoms with van der Waals surface area (Å²) >= 11 is 0. The number of nitrogens with zero attached hydrogens (tertiary/aromatic N) is 2. The molecule has 0 bridgehead atoms. The van der Waals surface area contributed by atoms with Crippen molar-refractivity contribution < 1.29 is 9.47 Å². The molecule has 1 aliphatic heterocycles. The van der Waals surface area contributed by atoms with Crippen LogP contribution in [0.5, 0.6) is 0 Å². The van der Waals surface area contributed by atoms with Gasteiger partial charge in [0.05, 0.1) is 13.2 Å². The molecular formula is C16H33IN4O2. The standard InChI is InChI=1S/C16H32N4O2.HI/c1-17-16(18-7-3-9-22-11-10-21-2)19-12-14-6-8-20(13-14)15-4-5-15;/h14-15H,3-13H2,1-2H3,(H2,17,18,19);1H. The first-order valence-corrected chi connectivity index (χ1v) is 8.58. The molecule has 1 saturated carbocycles. The average Bonchev–Trinajstić information content (AvgIpc) is 3.28. The van der Waals surface area contributed by atoms with Crippen molar-refractivity contribution in [1.29, 1.82) is 0 Å². The fraction of sp³-hybridized carbons (Fsp3) is 0.938. The fourth-order valence-corrected chi connectivity index (χ4v) is 2.89. The average molecular weight is 440 g/mol. The van der Waals surface area contributed by atoms with Crippen molar-refractivity contribution in [3.63, 3.8) is 0 Å². The molecule has 0 aromatic carbocycles. The quantitative estimate of drug-likeness (QED) is 0.232. The number of ether oxygens (including phenoxy) is 2. The molecule has 7 heteroatoms. The van der Waals surface area contributed by atoms with Gasteiger partial charge in [-0.1, -0.05) is 0 Å². The van der Waals surface area contributed by atoms with Crippen LogP contribution in [-0.4, -0.2) is 77.1 Å². The van der Waals surface area contributed by atoms with Gasteiger partial charge in [0.1, 0.15) is 0 Å². The Hall–Kier alpha value is -0.120. The lowest BCUT2D eigenvalue weighted by Crippen LogP contribution is -2.40. The highest BCUT2D eigenvalue weighted by Gasteiger charge is 2.34. The van der Waals surface area contributed by atoms with E-state index in [1.54, 1.807) is 7.11 Å². The Morgan fingerprint density at radius 2 is 2.00 bits per heavy atom. The molecule has 0 aromatic heterocycles. The van der Waals surface area contributed by atoms with Gasteiger partial charge in [-0.15, -0.1) is 24.0 Å². The zero-order valence-corrected chi connectivity index (χ0v) is 16.9. The Morgan fingerprint density at radius 1 is 1.17 bits per heavy atom. The summed E-state index contributed by atoms with van der Waals surface area (Å²) in [7, 11) is 3.52. The Kier molecular flexibility index (Phi) is 11.2. The van der Waals surface area contributed by atoms with Gasteiger partial charge in [0.25, 0.3) is 0 Å². The maximum absolute atomic E-state index is 5.44. The molecule has 136 valence electrons. The lowest BCUT2D eigenvalue weighted by Gasteiger charge is -2.17. The molecule has 0 radical (unpaired) electrons. The van der Waals surface area contributed by atoms with E-state index in [0.29, 0.717) is 13.2 Å². The second kappa shape index (κ2) is 12.3. The highest BCUT2D eigenvalue weighted by atomic mass is 127. The predicted octanol–water partition coefficient (Wildman–Crippen LogP) is 1.31. The van der Waals surface area contributed by atoms with Crippen molar-refractivity contribution in [2.24, 2.45) is 10.9 Å². The summed E-state index contributed by atoms with van der Waals surface area (Å²) in [5.41, 5.74) is 0. The number of hydrogen-bond donors (Lipinski definition) is 2. The van der Waals surface area contributed by atoms with Crippen LogP contribution in [0.3, 0.4) is 0 Å². The molecule has 1 unspecified atom stereocenters. The van der Waals surface area contributed by atoms with Gasteiger partial charge < -0.3 is 25.0 Å². The van der Waals surface area contributed by atoms with E-state index in [4.69, 9.17) is 9.47 Å². The lowest BCUT2D eigenvalue weighted by molar-refractivity contribution is 0.0698. The number of nitrogens with one attached hydrogen (secondary N) is 2. The maximum Gasteiger partial charge on any atom is 0.190 e. The van der Waals surface area contributed by atoms with Gasteiger partial charge in [-0.05, 0) is 38.1 Å². The number of halogens is 1. The highest BCUT2D eigenvalue weighted by Crippen LogP contribution is 2.31. The van der Waals surface area contributed by atoms with Crippen molar-refractivity contribution in [3.8, 4) is 0 Å². The molecule has 0 spiro atoms. The summed E-state index contributed by atoms with van der Waals surface area (Å²) in [4.78, 5) is 6.94. The minimum absolute atomic E-state index is 0. The van der Waals surface area contributed by atoms with E-state index in [0.717, 1.165) is 44.0 Å². The molecule has 2 fully saturated rings. The number of rotatable bonds is 10. The largest absolute Gasteiger partial charge is 0.382 e. The minimum Gasteiger partial charge on any atom is -0.382 e. The fourth-order valence-electron chi connectivity index (χ4n) is 2.89. The van der Waals surface area contributed by atoms with Gasteiger partial charge >= 0.3 is 0 Å². The number of methoxy groups -OCH3 is 1. The monoisotopic (exact) mass is 440 g/mol. The van der Waals surface area contributed by atoms with Crippen molar-refractivity contribution in [2.75, 3.05) is 60.2 Å². The zero-order valence-electron chi connectivity index (χ0n) is 14.6. The molecule has 2 N–H and O–H groups in total. The van der Waals surface area contributed by atoms with Gasteiger partial charge in [0.2, 0.25) is 0 Å². The SMILES string of the molecule is CN=C(NCCCOCCOC)NCC1CCN(C2CC2)C1.I. The van der Waals surface area contributed by atoms with Crippen LogP contribution >= 0.6 is 24.0 Å². The molecule has 0 aromatic rings. The van der Waals surface area contributed by atoms with E-state index in [9.17, 15) is 0 Å². The van der Waals surface area contributed by atoms with Crippen LogP contribution in [0.1, 0.15) is 25.7 Å². The molecule has 6 nitrogen and oxygen atoms in total. The molecular weight excluding hydrogens is 407 g/mol. The lowest BCUT2D eigenvalue weighted by atomic mass is 10.1. The van der Waals surface area contributed by atoms with Crippen LogP contribution in [0, 0.1) is 5.92 Å². The summed E-state index contributed by atoms with van der Waals surface area (Å²) in [5, 5.41) is 6.80. The highest BCUT2D eigenvalue weighted by molar-refractivity contribution is 14.0. The summed E-state index contributed by atoms with van der Waals surface area (Å²) in [5.74, 6) is 1.67. The Balaban J connectivity index is 0.00000264. The summed E-state index contributed by atoms with van der Waals surface area (Å²) in [6, 6.07) is 0.903. The van der Waals surface area contributed by atoms with Crippen molar-refractivity contribution in [1.82, 2.24) is 15.5 Å². The predicted molar refractivity (Wildman–Crippen MR) is 105 cm³/mol. The second-order valence-corrected chi connectivity index (χ2v) is 6.22. The first-order valence-electron chi connectivity index (χ1n) is 8.58. The number of guanidine groups is 1. The topological polar surface area (TPSA) is 58.1 Å². The van der Waals surface area contributed by atoms with E-state index < -0.39 is 0 Å². The first-order chi connectivity index (χ1) is 10.8. The molecule has 2 rings (SSSR count). The van der Waals surface area contributed by atoms with E-state index in [1.807, 2.05) is 7.05 Å². The molecule has 2 aliphatic rings. The van der Waals surface area contributed by atoms with Gasteiger partial charge in [-0.2, -0.15) is 0 Å². The van der Waals surface area contributed by atoms with Crippen LogP contribution in [0.2, 0.25) is 0 Å². The van der Waals surface area contributed by atoms with Crippen LogP contribution in [0.4, 0.5) is 0 Å². The van der Waals surface area contributed by atoms with Gasteiger partial charge in [0.15, 0.2) is 5.96 Å².